The number of hydrogen-bond donors (Lipinski definition) is 3. The highest BCUT2D eigenvalue weighted by Crippen LogP contribution is 2.34. The minimum atomic E-state index is -0.472. The van der Waals surface area contributed by atoms with Crippen LogP contribution in [0, 0.1) is 11.8 Å². The molecule has 2 fully saturated rings. The number of hydrogen-bond acceptors (Lipinski definition) is 3. The largest absolute Gasteiger partial charge is 0.390 e. The Morgan fingerprint density at radius 3 is 2.70 bits per heavy atom. The lowest BCUT2D eigenvalue weighted by Crippen LogP contribution is -2.28. The van der Waals surface area contributed by atoms with Gasteiger partial charge in [0, 0.05) is 12.5 Å². The van der Waals surface area contributed by atoms with Crippen molar-refractivity contribution < 1.29 is 10.2 Å². The highest BCUT2D eigenvalue weighted by Gasteiger charge is 2.43. The average Bonchev–Trinajstić information content (AvgIpc) is 2.41. The van der Waals surface area contributed by atoms with E-state index in [0.29, 0.717) is 11.8 Å². The molecule has 1 heterocycles. The number of aliphatic hydroxyl groups is 2. The molecule has 0 amide bonds. The zero-order valence-electron chi connectivity index (χ0n) is 5.83. The van der Waals surface area contributed by atoms with Crippen molar-refractivity contribution >= 4 is 0 Å². The van der Waals surface area contributed by atoms with Gasteiger partial charge >= 0.3 is 0 Å². The third kappa shape index (κ3) is 0.779. The lowest BCUT2D eigenvalue weighted by Gasteiger charge is -2.12. The smallest absolute Gasteiger partial charge is 0.0842 e. The van der Waals surface area contributed by atoms with Gasteiger partial charge in [0.15, 0.2) is 0 Å². The van der Waals surface area contributed by atoms with Gasteiger partial charge in [-0.15, -0.1) is 0 Å². The molecule has 3 heteroatoms. The van der Waals surface area contributed by atoms with Crippen LogP contribution in [-0.2, 0) is 0 Å². The van der Waals surface area contributed by atoms with Gasteiger partial charge in [-0.2, -0.15) is 0 Å². The van der Waals surface area contributed by atoms with E-state index < -0.39 is 12.2 Å². The van der Waals surface area contributed by atoms with E-state index in [0.717, 1.165) is 19.5 Å². The van der Waals surface area contributed by atoms with Crippen LogP contribution in [0.1, 0.15) is 6.42 Å². The Kier molecular flexibility index (Phi) is 1.44. The number of rotatable bonds is 0. The first-order valence-electron chi connectivity index (χ1n) is 3.86. The standard InChI is InChI=1S/C7H13NO2/c9-6-1-4-2-8-3-5(4)7(6)10/h4-10H,1-3H2/t4-,5+,6?,7?/m0/s1. The summed E-state index contributed by atoms with van der Waals surface area (Å²) in [7, 11) is 0. The Labute approximate surface area is 60.1 Å². The fourth-order valence-electron chi connectivity index (χ4n) is 2.15. The van der Waals surface area contributed by atoms with E-state index in [1.807, 2.05) is 0 Å². The molecule has 0 radical (unpaired) electrons. The highest BCUT2D eigenvalue weighted by atomic mass is 16.3. The molecule has 4 atom stereocenters. The van der Waals surface area contributed by atoms with Crippen LogP contribution in [0.4, 0.5) is 0 Å². The van der Waals surface area contributed by atoms with Crippen LogP contribution in [-0.4, -0.2) is 35.5 Å². The Balaban J connectivity index is 2.09. The molecular weight excluding hydrogens is 130 g/mol. The number of fused-ring (bicyclic) bond motifs is 1. The molecule has 58 valence electrons. The van der Waals surface area contributed by atoms with Crippen molar-refractivity contribution in [1.82, 2.24) is 5.32 Å². The summed E-state index contributed by atoms with van der Waals surface area (Å²) in [5.41, 5.74) is 0. The minimum absolute atomic E-state index is 0.315. The Bertz CT molecular complexity index is 138. The fourth-order valence-corrected chi connectivity index (χ4v) is 2.15. The predicted octanol–water partition coefficient (Wildman–Crippen LogP) is -1.05. The van der Waals surface area contributed by atoms with Crippen LogP contribution in [0.3, 0.4) is 0 Å². The molecule has 0 bridgehead atoms. The Morgan fingerprint density at radius 1 is 1.20 bits per heavy atom. The van der Waals surface area contributed by atoms with Gasteiger partial charge in [-0.05, 0) is 18.9 Å². The van der Waals surface area contributed by atoms with Crippen LogP contribution < -0.4 is 5.32 Å². The molecule has 1 saturated carbocycles. The normalized spacial score (nSPS) is 53.4. The van der Waals surface area contributed by atoms with E-state index in [1.165, 1.54) is 0 Å². The molecule has 0 spiro atoms. The molecule has 2 aliphatic rings. The lowest BCUT2D eigenvalue weighted by atomic mass is 9.99. The molecule has 0 aromatic heterocycles. The quantitative estimate of drug-likeness (QED) is 0.405. The predicted molar refractivity (Wildman–Crippen MR) is 36.5 cm³/mol. The molecule has 0 aromatic rings. The molecule has 2 unspecified atom stereocenters. The number of nitrogens with one attached hydrogen (secondary N) is 1. The first-order valence-corrected chi connectivity index (χ1v) is 3.86. The third-order valence-corrected chi connectivity index (χ3v) is 2.77. The van der Waals surface area contributed by atoms with Crippen molar-refractivity contribution in [3.8, 4) is 0 Å². The highest BCUT2D eigenvalue weighted by molar-refractivity contribution is 4.96. The van der Waals surface area contributed by atoms with Gasteiger partial charge in [0.05, 0.1) is 12.2 Å². The van der Waals surface area contributed by atoms with E-state index in [2.05, 4.69) is 5.32 Å². The summed E-state index contributed by atoms with van der Waals surface area (Å²) in [4.78, 5) is 0. The van der Waals surface area contributed by atoms with E-state index in [-0.39, 0.29) is 0 Å². The number of aliphatic hydroxyl groups excluding tert-OH is 2. The van der Waals surface area contributed by atoms with Crippen molar-refractivity contribution in [2.75, 3.05) is 13.1 Å². The SMILES string of the molecule is OC1C[C@H]2CNC[C@H]2C1O. The lowest BCUT2D eigenvalue weighted by molar-refractivity contribution is 0.0221. The zero-order chi connectivity index (χ0) is 7.14. The van der Waals surface area contributed by atoms with E-state index in [4.69, 9.17) is 0 Å². The van der Waals surface area contributed by atoms with Gasteiger partial charge in [0.2, 0.25) is 0 Å². The molecule has 1 saturated heterocycles. The molecule has 10 heavy (non-hydrogen) atoms. The molecule has 1 aliphatic heterocycles. The minimum Gasteiger partial charge on any atom is -0.390 e. The van der Waals surface area contributed by atoms with Crippen LogP contribution in [0.15, 0.2) is 0 Å². The summed E-state index contributed by atoms with van der Waals surface area (Å²) in [6.45, 7) is 1.85. The fraction of sp³-hybridized carbons (Fsp3) is 1.00. The molecule has 1 aliphatic carbocycles. The Morgan fingerprint density at radius 2 is 2.00 bits per heavy atom. The Hall–Kier alpha value is -0.120. The zero-order valence-corrected chi connectivity index (χ0v) is 5.83. The van der Waals surface area contributed by atoms with Crippen molar-refractivity contribution in [1.29, 1.82) is 0 Å². The second-order valence-corrected chi connectivity index (χ2v) is 3.38. The molecule has 2 rings (SSSR count). The van der Waals surface area contributed by atoms with Crippen LogP contribution >= 0.6 is 0 Å². The van der Waals surface area contributed by atoms with E-state index >= 15 is 0 Å². The van der Waals surface area contributed by atoms with E-state index in [9.17, 15) is 10.2 Å². The van der Waals surface area contributed by atoms with Gasteiger partial charge in [-0.3, -0.25) is 0 Å². The van der Waals surface area contributed by atoms with Gasteiger partial charge in [0.25, 0.3) is 0 Å². The topological polar surface area (TPSA) is 52.5 Å². The maximum atomic E-state index is 9.38. The maximum Gasteiger partial charge on any atom is 0.0842 e. The molecule has 3 N–H and O–H groups in total. The monoisotopic (exact) mass is 143 g/mol. The summed E-state index contributed by atoms with van der Waals surface area (Å²) < 4.78 is 0. The van der Waals surface area contributed by atoms with Crippen molar-refractivity contribution in [3.63, 3.8) is 0 Å². The second-order valence-electron chi connectivity index (χ2n) is 3.38. The summed E-state index contributed by atoms with van der Waals surface area (Å²) in [5, 5.41) is 21.8. The molecular formula is C7H13NO2. The van der Waals surface area contributed by atoms with Crippen molar-refractivity contribution in [3.05, 3.63) is 0 Å². The maximum absolute atomic E-state index is 9.38. The van der Waals surface area contributed by atoms with Crippen molar-refractivity contribution in [2.45, 2.75) is 18.6 Å². The van der Waals surface area contributed by atoms with Gasteiger partial charge in [-0.1, -0.05) is 0 Å². The van der Waals surface area contributed by atoms with Crippen LogP contribution in [0.2, 0.25) is 0 Å². The first kappa shape index (κ1) is 6.58. The third-order valence-electron chi connectivity index (χ3n) is 2.77. The summed E-state index contributed by atoms with van der Waals surface area (Å²) in [6.07, 6.45) is -0.157. The van der Waals surface area contributed by atoms with Gasteiger partial charge in [-0.25, -0.2) is 0 Å². The molecule has 0 aromatic carbocycles. The van der Waals surface area contributed by atoms with Crippen molar-refractivity contribution in [2.24, 2.45) is 11.8 Å². The second kappa shape index (κ2) is 2.19. The van der Waals surface area contributed by atoms with Crippen LogP contribution in [0.5, 0.6) is 0 Å². The summed E-state index contributed by atoms with van der Waals surface area (Å²) >= 11 is 0. The summed E-state index contributed by atoms with van der Waals surface area (Å²) in [5.74, 6) is 0.833. The first-order chi connectivity index (χ1) is 4.79. The van der Waals surface area contributed by atoms with E-state index in [1.54, 1.807) is 0 Å². The molecule has 3 nitrogen and oxygen atoms in total. The average molecular weight is 143 g/mol. The van der Waals surface area contributed by atoms with Crippen LogP contribution in [0.25, 0.3) is 0 Å². The van der Waals surface area contributed by atoms with Gasteiger partial charge in [0.1, 0.15) is 0 Å². The van der Waals surface area contributed by atoms with Gasteiger partial charge < -0.3 is 15.5 Å². The summed E-state index contributed by atoms with van der Waals surface area (Å²) in [6, 6.07) is 0.